The average molecular weight is 324 g/mol. The number of halogens is 1. The summed E-state index contributed by atoms with van der Waals surface area (Å²) in [5.74, 6) is -0.209. The molecule has 5 nitrogen and oxygen atoms in total. The Morgan fingerprint density at radius 2 is 1.95 bits per heavy atom. The fourth-order valence-corrected chi connectivity index (χ4v) is 2.31. The molecule has 0 saturated carbocycles. The Morgan fingerprint density at radius 3 is 2.59 bits per heavy atom. The number of benzene rings is 1. The van der Waals surface area contributed by atoms with Crippen molar-refractivity contribution >= 4 is 29.1 Å². The monoisotopic (exact) mass is 323 g/mol. The number of nitrogens with zero attached hydrogens (tertiary/aromatic N) is 1. The van der Waals surface area contributed by atoms with Crippen LogP contribution < -0.4 is 11.3 Å². The molecule has 1 heterocycles. The van der Waals surface area contributed by atoms with E-state index in [2.05, 4.69) is 4.98 Å². The van der Waals surface area contributed by atoms with Gasteiger partial charge in [0.15, 0.2) is 0 Å². The third-order valence-corrected chi connectivity index (χ3v) is 3.55. The maximum atomic E-state index is 12.4. The van der Waals surface area contributed by atoms with Crippen molar-refractivity contribution in [2.45, 2.75) is 13.8 Å². The zero-order valence-electron chi connectivity index (χ0n) is 13.1. The smallest absolute Gasteiger partial charge is 0.270 e. The highest BCUT2D eigenvalue weighted by Gasteiger charge is 2.22. The number of nitrogens with two attached hydrogens (primary N) is 1. The van der Waals surface area contributed by atoms with E-state index in [-0.39, 0.29) is 29.3 Å². The lowest BCUT2D eigenvalue weighted by atomic mass is 9.93. The lowest BCUT2D eigenvalue weighted by Crippen LogP contribution is -2.40. The van der Waals surface area contributed by atoms with E-state index in [9.17, 15) is 9.59 Å². The second kappa shape index (κ2) is 6.94. The molecule has 0 saturated heterocycles. The average Bonchev–Trinajstić information content (AvgIpc) is 2.46. The summed E-state index contributed by atoms with van der Waals surface area (Å²) in [7, 11) is 1.72. The van der Waals surface area contributed by atoms with Gasteiger partial charge in [-0.2, -0.15) is 0 Å². The van der Waals surface area contributed by atoms with Crippen LogP contribution in [-0.4, -0.2) is 35.9 Å². The van der Waals surface area contributed by atoms with Gasteiger partial charge in [-0.05, 0) is 29.5 Å². The Hall–Kier alpha value is -1.85. The number of nitrogens with one attached hydrogen (secondary N) is 1. The van der Waals surface area contributed by atoms with Crippen molar-refractivity contribution in [3.05, 3.63) is 46.4 Å². The predicted molar refractivity (Wildman–Crippen MR) is 91.6 cm³/mol. The van der Waals surface area contributed by atoms with E-state index >= 15 is 0 Å². The first-order valence-electron chi connectivity index (χ1n) is 6.92. The summed E-state index contributed by atoms with van der Waals surface area (Å²) in [5.41, 5.74) is 5.58. The SMILES string of the molecule is CN(CC(C)(C)CN)C(=O)c1cc2ccccc2c(=O)[nH]1.Cl. The van der Waals surface area contributed by atoms with Crippen LogP contribution in [-0.2, 0) is 0 Å². The molecule has 120 valence electrons. The molecular weight excluding hydrogens is 302 g/mol. The van der Waals surface area contributed by atoms with Crippen LogP contribution in [0.3, 0.4) is 0 Å². The van der Waals surface area contributed by atoms with Gasteiger partial charge in [0.05, 0.1) is 0 Å². The number of hydrogen-bond donors (Lipinski definition) is 2. The Bertz CT molecular complexity index is 725. The van der Waals surface area contributed by atoms with Crippen molar-refractivity contribution in [3.8, 4) is 0 Å². The minimum Gasteiger partial charge on any atom is -0.340 e. The van der Waals surface area contributed by atoms with Crippen LogP contribution in [0.1, 0.15) is 24.3 Å². The van der Waals surface area contributed by atoms with E-state index in [1.54, 1.807) is 30.1 Å². The van der Waals surface area contributed by atoms with Gasteiger partial charge in [-0.3, -0.25) is 9.59 Å². The summed E-state index contributed by atoms with van der Waals surface area (Å²) in [5, 5.41) is 1.34. The number of H-pyrrole nitrogens is 1. The lowest BCUT2D eigenvalue weighted by molar-refractivity contribution is 0.0734. The molecular formula is C16H22ClN3O2. The Balaban J connectivity index is 0.00000242. The van der Waals surface area contributed by atoms with Crippen molar-refractivity contribution in [3.63, 3.8) is 0 Å². The standard InChI is InChI=1S/C16H21N3O2.ClH/c1-16(2,9-17)10-19(3)15(21)13-8-11-6-4-5-7-12(11)14(20)18-13;/h4-8H,9-10,17H2,1-3H3,(H,18,20);1H. The summed E-state index contributed by atoms with van der Waals surface area (Å²) in [6.07, 6.45) is 0. The number of pyridine rings is 1. The molecule has 1 aromatic carbocycles. The highest BCUT2D eigenvalue weighted by atomic mass is 35.5. The van der Waals surface area contributed by atoms with Gasteiger partial charge in [-0.15, -0.1) is 12.4 Å². The number of amides is 1. The molecule has 0 atom stereocenters. The number of carbonyl (C=O) groups excluding carboxylic acids is 1. The predicted octanol–water partition coefficient (Wildman–Crippen LogP) is 2.01. The molecule has 0 aliphatic carbocycles. The molecule has 3 N–H and O–H groups in total. The minimum absolute atomic E-state index is 0. The van der Waals surface area contributed by atoms with Gasteiger partial charge >= 0.3 is 0 Å². The van der Waals surface area contributed by atoms with Gasteiger partial charge in [0.2, 0.25) is 0 Å². The molecule has 1 aromatic heterocycles. The van der Waals surface area contributed by atoms with Crippen LogP contribution >= 0.6 is 12.4 Å². The lowest BCUT2D eigenvalue weighted by Gasteiger charge is -2.29. The first-order chi connectivity index (χ1) is 9.84. The van der Waals surface area contributed by atoms with Gasteiger partial charge in [0, 0.05) is 19.0 Å². The van der Waals surface area contributed by atoms with Crippen molar-refractivity contribution in [2.75, 3.05) is 20.1 Å². The van der Waals surface area contributed by atoms with E-state index in [0.717, 1.165) is 5.39 Å². The van der Waals surface area contributed by atoms with Gasteiger partial charge in [-0.25, -0.2) is 0 Å². The zero-order chi connectivity index (χ0) is 15.6. The Morgan fingerprint density at radius 1 is 1.32 bits per heavy atom. The number of hydrogen-bond acceptors (Lipinski definition) is 3. The summed E-state index contributed by atoms with van der Waals surface area (Å²) < 4.78 is 0. The molecule has 2 rings (SSSR count). The van der Waals surface area contributed by atoms with Crippen molar-refractivity contribution < 1.29 is 4.79 Å². The minimum atomic E-state index is -0.247. The largest absolute Gasteiger partial charge is 0.340 e. The molecule has 0 unspecified atom stereocenters. The van der Waals surface area contributed by atoms with E-state index in [1.807, 2.05) is 26.0 Å². The molecule has 0 aliphatic heterocycles. The third-order valence-electron chi connectivity index (χ3n) is 3.55. The number of rotatable bonds is 4. The molecule has 0 spiro atoms. The van der Waals surface area contributed by atoms with Gasteiger partial charge in [-0.1, -0.05) is 32.0 Å². The number of carbonyl (C=O) groups is 1. The van der Waals surface area contributed by atoms with E-state index < -0.39 is 0 Å². The van der Waals surface area contributed by atoms with Crippen molar-refractivity contribution in [2.24, 2.45) is 11.1 Å². The van der Waals surface area contributed by atoms with Gasteiger partial charge in [0.25, 0.3) is 11.5 Å². The van der Waals surface area contributed by atoms with Gasteiger partial charge < -0.3 is 15.6 Å². The first-order valence-corrected chi connectivity index (χ1v) is 6.92. The van der Waals surface area contributed by atoms with Crippen LogP contribution in [0.5, 0.6) is 0 Å². The molecule has 1 amide bonds. The van der Waals surface area contributed by atoms with Crippen molar-refractivity contribution in [1.82, 2.24) is 9.88 Å². The van der Waals surface area contributed by atoms with E-state index in [4.69, 9.17) is 5.73 Å². The normalized spacial score (nSPS) is 11.1. The van der Waals surface area contributed by atoms with Crippen LogP contribution in [0, 0.1) is 5.41 Å². The number of fused-ring (bicyclic) bond motifs is 1. The Kier molecular flexibility index (Phi) is 5.74. The van der Waals surface area contributed by atoms with Crippen LogP contribution in [0.4, 0.5) is 0 Å². The highest BCUT2D eigenvalue weighted by molar-refractivity contribution is 5.96. The maximum Gasteiger partial charge on any atom is 0.270 e. The maximum absolute atomic E-state index is 12.4. The van der Waals surface area contributed by atoms with E-state index in [0.29, 0.717) is 24.2 Å². The fraction of sp³-hybridized carbons (Fsp3) is 0.375. The molecule has 0 fully saturated rings. The van der Waals surface area contributed by atoms with Crippen LogP contribution in [0.25, 0.3) is 10.8 Å². The van der Waals surface area contributed by atoms with Crippen LogP contribution in [0.2, 0.25) is 0 Å². The molecule has 6 heteroatoms. The summed E-state index contributed by atoms with van der Waals surface area (Å²) >= 11 is 0. The van der Waals surface area contributed by atoms with E-state index in [1.165, 1.54) is 0 Å². The second-order valence-corrected chi connectivity index (χ2v) is 6.13. The number of aromatic amines is 1. The molecule has 22 heavy (non-hydrogen) atoms. The summed E-state index contributed by atoms with van der Waals surface area (Å²) in [4.78, 5) is 28.7. The zero-order valence-corrected chi connectivity index (χ0v) is 13.9. The quantitative estimate of drug-likeness (QED) is 0.903. The third kappa shape index (κ3) is 3.87. The fourth-order valence-electron chi connectivity index (χ4n) is 2.31. The van der Waals surface area contributed by atoms with Crippen molar-refractivity contribution in [1.29, 1.82) is 0 Å². The summed E-state index contributed by atoms with van der Waals surface area (Å²) in [6, 6.07) is 8.92. The molecule has 0 aliphatic rings. The summed E-state index contributed by atoms with van der Waals surface area (Å²) in [6.45, 7) is 5.01. The second-order valence-electron chi connectivity index (χ2n) is 6.13. The van der Waals surface area contributed by atoms with Gasteiger partial charge in [0.1, 0.15) is 5.69 Å². The first kappa shape index (κ1) is 18.2. The van der Waals surface area contributed by atoms with Crippen LogP contribution in [0.15, 0.2) is 35.1 Å². The molecule has 0 bridgehead atoms. The highest BCUT2D eigenvalue weighted by Crippen LogP contribution is 2.16. The Labute approximate surface area is 135 Å². The molecule has 2 aromatic rings. The number of aromatic nitrogens is 1. The topological polar surface area (TPSA) is 79.2 Å². The molecule has 0 radical (unpaired) electrons.